The van der Waals surface area contributed by atoms with Gasteiger partial charge in [0.2, 0.25) is 5.88 Å². The monoisotopic (exact) mass is 284 g/mol. The zero-order valence-corrected chi connectivity index (χ0v) is 13.3. The molecule has 0 saturated carbocycles. The molecular weight excluding hydrogens is 260 g/mol. The van der Waals surface area contributed by atoms with Crippen LogP contribution >= 0.6 is 0 Å². The molecule has 2 N–H and O–H groups in total. The van der Waals surface area contributed by atoms with Crippen molar-refractivity contribution in [3.63, 3.8) is 0 Å². The smallest absolute Gasteiger partial charge is 0.214 e. The van der Waals surface area contributed by atoms with Gasteiger partial charge in [0.25, 0.3) is 0 Å². The van der Waals surface area contributed by atoms with Crippen molar-refractivity contribution in [2.24, 2.45) is 5.73 Å². The highest BCUT2D eigenvalue weighted by Crippen LogP contribution is 2.26. The minimum atomic E-state index is -0.0421. The zero-order valence-electron chi connectivity index (χ0n) is 13.3. The fraction of sp³-hybridized carbons (Fsp3) is 0.389. The molecule has 3 nitrogen and oxygen atoms in total. The molecule has 1 unspecified atom stereocenters. The summed E-state index contributed by atoms with van der Waals surface area (Å²) in [6.07, 6.45) is -0.0421. The number of benzene rings is 1. The van der Waals surface area contributed by atoms with Gasteiger partial charge >= 0.3 is 0 Å². The van der Waals surface area contributed by atoms with Gasteiger partial charge in [-0.3, -0.25) is 0 Å². The predicted molar refractivity (Wildman–Crippen MR) is 86.3 cm³/mol. The van der Waals surface area contributed by atoms with Crippen LogP contribution < -0.4 is 10.5 Å². The molecule has 0 aliphatic heterocycles. The van der Waals surface area contributed by atoms with Gasteiger partial charge in [0, 0.05) is 18.0 Å². The van der Waals surface area contributed by atoms with E-state index >= 15 is 0 Å². The lowest BCUT2D eigenvalue weighted by atomic mass is 9.91. The number of rotatable bonds is 4. The molecular formula is C18H24N2O. The topological polar surface area (TPSA) is 48.1 Å². The van der Waals surface area contributed by atoms with Gasteiger partial charge in [-0.05, 0) is 24.1 Å². The maximum absolute atomic E-state index is 6.01. The molecule has 0 fully saturated rings. The molecule has 3 heteroatoms. The Labute approximate surface area is 127 Å². The van der Waals surface area contributed by atoms with E-state index in [1.54, 1.807) is 0 Å². The molecule has 21 heavy (non-hydrogen) atoms. The van der Waals surface area contributed by atoms with Gasteiger partial charge in [0.15, 0.2) is 0 Å². The second kappa shape index (κ2) is 6.27. The first-order valence-corrected chi connectivity index (χ1v) is 7.33. The van der Waals surface area contributed by atoms with Gasteiger partial charge in [-0.2, -0.15) is 0 Å². The van der Waals surface area contributed by atoms with Crippen LogP contribution in [0.5, 0.6) is 5.88 Å². The van der Waals surface area contributed by atoms with E-state index in [1.807, 2.05) is 31.2 Å². The highest BCUT2D eigenvalue weighted by atomic mass is 16.5. The molecule has 1 heterocycles. The third-order valence-electron chi connectivity index (χ3n) is 3.43. The molecule has 0 spiro atoms. The third-order valence-corrected chi connectivity index (χ3v) is 3.43. The second-order valence-electron chi connectivity index (χ2n) is 6.32. The summed E-state index contributed by atoms with van der Waals surface area (Å²) in [6, 6.07) is 14.1. The molecule has 2 aromatic rings. The Balaban J connectivity index is 2.27. The van der Waals surface area contributed by atoms with Gasteiger partial charge in [-0.15, -0.1) is 0 Å². The van der Waals surface area contributed by atoms with E-state index in [-0.39, 0.29) is 11.5 Å². The van der Waals surface area contributed by atoms with Crippen LogP contribution in [0.15, 0.2) is 42.5 Å². The quantitative estimate of drug-likeness (QED) is 0.924. The number of nitrogens with zero attached hydrogens (tertiary/aromatic N) is 1. The van der Waals surface area contributed by atoms with E-state index in [4.69, 9.17) is 10.5 Å². The van der Waals surface area contributed by atoms with Crippen LogP contribution in [-0.2, 0) is 12.0 Å². The van der Waals surface area contributed by atoms with E-state index < -0.39 is 0 Å². The van der Waals surface area contributed by atoms with Gasteiger partial charge in [0.05, 0.1) is 5.69 Å². The molecule has 0 radical (unpaired) electrons. The Hall–Kier alpha value is -1.87. The van der Waals surface area contributed by atoms with Crippen molar-refractivity contribution in [1.29, 1.82) is 0 Å². The molecule has 2 rings (SSSR count). The summed E-state index contributed by atoms with van der Waals surface area (Å²) in [5.74, 6) is 0.638. The number of pyridine rings is 1. The lowest BCUT2D eigenvalue weighted by Crippen LogP contribution is -2.16. The normalized spacial score (nSPS) is 13.0. The SMILES string of the molecule is CC(Oc1cc(CN)cc(C(C)(C)C)n1)c1ccccc1. The Morgan fingerprint density at radius 1 is 1.14 bits per heavy atom. The van der Waals surface area contributed by atoms with Crippen LogP contribution in [0.3, 0.4) is 0 Å². The molecule has 0 aliphatic carbocycles. The van der Waals surface area contributed by atoms with Crippen molar-refractivity contribution in [2.45, 2.75) is 45.8 Å². The van der Waals surface area contributed by atoms with Crippen molar-refractivity contribution in [1.82, 2.24) is 4.98 Å². The maximum atomic E-state index is 6.01. The standard InChI is InChI=1S/C18H24N2O/c1-13(15-8-6-5-7-9-15)21-17-11-14(12-19)10-16(20-17)18(2,3)4/h5-11,13H,12,19H2,1-4H3. The summed E-state index contributed by atoms with van der Waals surface area (Å²) in [4.78, 5) is 4.64. The third kappa shape index (κ3) is 4.05. The first-order valence-electron chi connectivity index (χ1n) is 7.33. The molecule has 112 valence electrons. The molecule has 0 bridgehead atoms. The van der Waals surface area contributed by atoms with Crippen LogP contribution in [0.25, 0.3) is 0 Å². The minimum Gasteiger partial charge on any atom is -0.470 e. The van der Waals surface area contributed by atoms with E-state index in [0.717, 1.165) is 16.8 Å². The van der Waals surface area contributed by atoms with Crippen molar-refractivity contribution in [3.05, 3.63) is 59.3 Å². The van der Waals surface area contributed by atoms with E-state index in [0.29, 0.717) is 12.4 Å². The Bertz CT molecular complexity index is 588. The summed E-state index contributed by atoms with van der Waals surface area (Å²) in [7, 11) is 0. The van der Waals surface area contributed by atoms with Crippen LogP contribution in [-0.4, -0.2) is 4.98 Å². The van der Waals surface area contributed by atoms with Crippen molar-refractivity contribution in [3.8, 4) is 5.88 Å². The molecule has 1 atom stereocenters. The summed E-state index contributed by atoms with van der Waals surface area (Å²) in [5, 5.41) is 0. The first-order chi connectivity index (χ1) is 9.90. The minimum absolute atomic E-state index is 0.0285. The Kier molecular flexibility index (Phi) is 4.63. The van der Waals surface area contributed by atoms with Gasteiger partial charge < -0.3 is 10.5 Å². The molecule has 0 aliphatic rings. The number of hydrogen-bond acceptors (Lipinski definition) is 3. The van der Waals surface area contributed by atoms with Crippen LogP contribution in [0.2, 0.25) is 0 Å². The Morgan fingerprint density at radius 3 is 2.38 bits per heavy atom. The second-order valence-corrected chi connectivity index (χ2v) is 6.32. The van der Waals surface area contributed by atoms with E-state index in [2.05, 4.69) is 44.0 Å². The molecule has 1 aromatic heterocycles. The van der Waals surface area contributed by atoms with Crippen LogP contribution in [0.4, 0.5) is 0 Å². The molecule has 0 amide bonds. The summed E-state index contributed by atoms with van der Waals surface area (Å²) >= 11 is 0. The number of hydrogen-bond donors (Lipinski definition) is 1. The summed E-state index contributed by atoms with van der Waals surface area (Å²) in [6.45, 7) is 8.94. The lowest BCUT2D eigenvalue weighted by Gasteiger charge is -2.21. The average Bonchev–Trinajstić information content (AvgIpc) is 2.46. The first kappa shape index (κ1) is 15.5. The van der Waals surface area contributed by atoms with Crippen LogP contribution in [0, 0.1) is 0 Å². The van der Waals surface area contributed by atoms with E-state index in [9.17, 15) is 0 Å². The van der Waals surface area contributed by atoms with Crippen molar-refractivity contribution in [2.75, 3.05) is 0 Å². The fourth-order valence-electron chi connectivity index (χ4n) is 2.09. The van der Waals surface area contributed by atoms with Crippen LogP contribution in [0.1, 0.15) is 50.6 Å². The van der Waals surface area contributed by atoms with Gasteiger partial charge in [-0.25, -0.2) is 4.98 Å². The lowest BCUT2D eigenvalue weighted by molar-refractivity contribution is 0.216. The average molecular weight is 284 g/mol. The highest BCUT2D eigenvalue weighted by Gasteiger charge is 2.18. The number of ether oxygens (including phenoxy) is 1. The highest BCUT2D eigenvalue weighted by molar-refractivity contribution is 5.29. The Morgan fingerprint density at radius 2 is 1.81 bits per heavy atom. The predicted octanol–water partition coefficient (Wildman–Crippen LogP) is 3.98. The zero-order chi connectivity index (χ0) is 15.5. The molecule has 1 aromatic carbocycles. The fourth-order valence-corrected chi connectivity index (χ4v) is 2.09. The summed E-state index contributed by atoms with van der Waals surface area (Å²) in [5.41, 5.74) is 8.94. The van der Waals surface area contributed by atoms with Crippen molar-refractivity contribution < 1.29 is 4.74 Å². The van der Waals surface area contributed by atoms with Gasteiger partial charge in [0.1, 0.15) is 6.10 Å². The van der Waals surface area contributed by atoms with Crippen molar-refractivity contribution >= 4 is 0 Å². The number of nitrogens with two attached hydrogens (primary N) is 1. The van der Waals surface area contributed by atoms with E-state index in [1.165, 1.54) is 0 Å². The molecule has 0 saturated heterocycles. The largest absolute Gasteiger partial charge is 0.470 e. The van der Waals surface area contributed by atoms with Gasteiger partial charge in [-0.1, -0.05) is 51.1 Å². The number of aromatic nitrogens is 1. The summed E-state index contributed by atoms with van der Waals surface area (Å²) < 4.78 is 6.01. The maximum Gasteiger partial charge on any atom is 0.214 e.